The number of carboxylic acids is 1. The van der Waals surface area contributed by atoms with Gasteiger partial charge in [0.15, 0.2) is 0 Å². The standard InChI is InChI=1S/C12H15BrN2O3/c1-15(2)7-6-10(16)14-11-8(12(17)18)4-3-5-9(11)13/h3-5H,6-7H2,1-2H3,(H,14,16)(H,17,18). The summed E-state index contributed by atoms with van der Waals surface area (Å²) in [6.07, 6.45) is 0.313. The molecule has 5 nitrogen and oxygen atoms in total. The smallest absolute Gasteiger partial charge is 0.337 e. The Morgan fingerprint density at radius 2 is 2.06 bits per heavy atom. The molecule has 0 fully saturated rings. The van der Waals surface area contributed by atoms with Crippen molar-refractivity contribution >= 4 is 33.5 Å². The highest BCUT2D eigenvalue weighted by atomic mass is 79.9. The molecule has 0 saturated heterocycles. The van der Waals surface area contributed by atoms with Gasteiger partial charge in [-0.1, -0.05) is 6.07 Å². The van der Waals surface area contributed by atoms with Crippen LogP contribution in [0.3, 0.4) is 0 Å². The van der Waals surface area contributed by atoms with Crippen molar-refractivity contribution in [2.45, 2.75) is 6.42 Å². The molecule has 1 aromatic rings. The van der Waals surface area contributed by atoms with E-state index < -0.39 is 5.97 Å². The van der Waals surface area contributed by atoms with Crippen molar-refractivity contribution in [3.63, 3.8) is 0 Å². The van der Waals surface area contributed by atoms with Gasteiger partial charge in [0, 0.05) is 17.4 Å². The van der Waals surface area contributed by atoms with Crippen LogP contribution >= 0.6 is 15.9 Å². The zero-order valence-electron chi connectivity index (χ0n) is 10.2. The van der Waals surface area contributed by atoms with Crippen LogP contribution in [-0.2, 0) is 4.79 Å². The SMILES string of the molecule is CN(C)CCC(=O)Nc1c(Br)cccc1C(=O)O. The molecule has 0 spiro atoms. The van der Waals surface area contributed by atoms with Crippen LogP contribution in [0.5, 0.6) is 0 Å². The average Bonchev–Trinajstić information content (AvgIpc) is 2.28. The van der Waals surface area contributed by atoms with Gasteiger partial charge in [-0.3, -0.25) is 4.79 Å². The topological polar surface area (TPSA) is 69.6 Å². The fourth-order valence-corrected chi connectivity index (χ4v) is 1.82. The minimum atomic E-state index is -1.07. The van der Waals surface area contributed by atoms with Crippen molar-refractivity contribution < 1.29 is 14.7 Å². The highest BCUT2D eigenvalue weighted by Gasteiger charge is 2.15. The van der Waals surface area contributed by atoms with Crippen molar-refractivity contribution in [2.75, 3.05) is 26.0 Å². The van der Waals surface area contributed by atoms with Crippen molar-refractivity contribution in [3.8, 4) is 0 Å². The molecule has 0 saturated carbocycles. The molecule has 0 aromatic heterocycles. The van der Waals surface area contributed by atoms with Crippen molar-refractivity contribution in [1.82, 2.24) is 4.90 Å². The minimum Gasteiger partial charge on any atom is -0.478 e. The van der Waals surface area contributed by atoms with Gasteiger partial charge in [0.25, 0.3) is 0 Å². The number of carbonyl (C=O) groups excluding carboxylic acids is 1. The third-order valence-corrected chi connectivity index (χ3v) is 2.96. The van der Waals surface area contributed by atoms with Gasteiger partial charge in [-0.15, -0.1) is 0 Å². The Kier molecular flexibility index (Phi) is 5.30. The number of anilines is 1. The second-order valence-electron chi connectivity index (χ2n) is 4.07. The Morgan fingerprint density at radius 3 is 2.61 bits per heavy atom. The normalized spacial score (nSPS) is 10.4. The number of hydrogen-bond donors (Lipinski definition) is 2. The first-order valence-corrected chi connectivity index (χ1v) is 6.17. The van der Waals surface area contributed by atoms with Crippen molar-refractivity contribution in [3.05, 3.63) is 28.2 Å². The average molecular weight is 315 g/mol. The van der Waals surface area contributed by atoms with E-state index in [1.165, 1.54) is 6.07 Å². The maximum absolute atomic E-state index is 11.7. The molecule has 0 aliphatic heterocycles. The van der Waals surface area contributed by atoms with E-state index in [0.717, 1.165) is 0 Å². The van der Waals surface area contributed by atoms with Gasteiger partial charge < -0.3 is 15.3 Å². The first-order chi connectivity index (χ1) is 8.41. The number of amides is 1. The monoisotopic (exact) mass is 314 g/mol. The van der Waals surface area contributed by atoms with Crippen molar-refractivity contribution in [1.29, 1.82) is 0 Å². The van der Waals surface area contributed by atoms with E-state index in [9.17, 15) is 9.59 Å². The Bertz CT molecular complexity index is 461. The number of hydrogen-bond acceptors (Lipinski definition) is 3. The lowest BCUT2D eigenvalue weighted by molar-refractivity contribution is -0.116. The molecule has 1 aromatic carbocycles. The highest BCUT2D eigenvalue weighted by Crippen LogP contribution is 2.26. The highest BCUT2D eigenvalue weighted by molar-refractivity contribution is 9.10. The molecular weight excluding hydrogens is 300 g/mol. The second-order valence-corrected chi connectivity index (χ2v) is 4.92. The van der Waals surface area contributed by atoms with Gasteiger partial charge in [0.1, 0.15) is 0 Å². The van der Waals surface area contributed by atoms with E-state index in [1.807, 2.05) is 19.0 Å². The van der Waals surface area contributed by atoms with Crippen LogP contribution in [0.15, 0.2) is 22.7 Å². The Balaban J connectivity index is 2.83. The third-order valence-electron chi connectivity index (χ3n) is 2.29. The molecule has 0 aliphatic carbocycles. The first-order valence-electron chi connectivity index (χ1n) is 5.38. The van der Waals surface area contributed by atoms with Gasteiger partial charge in [0.2, 0.25) is 5.91 Å². The number of nitrogens with one attached hydrogen (secondary N) is 1. The molecular formula is C12H15BrN2O3. The minimum absolute atomic E-state index is 0.0718. The predicted octanol–water partition coefficient (Wildman–Crippen LogP) is 2.04. The van der Waals surface area contributed by atoms with Gasteiger partial charge in [0.05, 0.1) is 11.3 Å². The summed E-state index contributed by atoms with van der Waals surface area (Å²) >= 11 is 3.24. The Hall–Kier alpha value is -1.40. The van der Waals surface area contributed by atoms with Crippen LogP contribution in [-0.4, -0.2) is 42.5 Å². The second kappa shape index (κ2) is 6.51. The van der Waals surface area contributed by atoms with Gasteiger partial charge in [-0.2, -0.15) is 0 Å². The fraction of sp³-hybridized carbons (Fsp3) is 0.333. The summed E-state index contributed by atoms with van der Waals surface area (Å²) in [5, 5.41) is 11.7. The molecule has 98 valence electrons. The van der Waals surface area contributed by atoms with Crippen LogP contribution in [0, 0.1) is 0 Å². The number of aromatic carboxylic acids is 1. The van der Waals surface area contributed by atoms with Crippen LogP contribution in [0.2, 0.25) is 0 Å². The lowest BCUT2D eigenvalue weighted by Gasteiger charge is -2.12. The molecule has 2 N–H and O–H groups in total. The number of benzene rings is 1. The van der Waals surface area contributed by atoms with Gasteiger partial charge in [-0.05, 0) is 42.2 Å². The molecule has 0 bridgehead atoms. The van der Waals surface area contributed by atoms with Crippen molar-refractivity contribution in [2.24, 2.45) is 0 Å². The zero-order chi connectivity index (χ0) is 13.7. The number of carbonyl (C=O) groups is 2. The van der Waals surface area contributed by atoms with E-state index >= 15 is 0 Å². The van der Waals surface area contributed by atoms with Crippen LogP contribution < -0.4 is 5.32 Å². The number of carboxylic acid groups (broad SMARTS) is 1. The molecule has 0 heterocycles. The molecule has 0 radical (unpaired) electrons. The van der Waals surface area contributed by atoms with E-state index in [0.29, 0.717) is 23.1 Å². The maximum atomic E-state index is 11.7. The van der Waals surface area contributed by atoms with Gasteiger partial charge >= 0.3 is 5.97 Å². The molecule has 18 heavy (non-hydrogen) atoms. The molecule has 0 atom stereocenters. The first kappa shape index (κ1) is 14.7. The largest absolute Gasteiger partial charge is 0.478 e. The zero-order valence-corrected chi connectivity index (χ0v) is 11.8. The summed E-state index contributed by atoms with van der Waals surface area (Å²) in [4.78, 5) is 24.6. The third kappa shape index (κ3) is 4.12. The molecule has 6 heteroatoms. The fourth-order valence-electron chi connectivity index (χ4n) is 1.36. The maximum Gasteiger partial charge on any atom is 0.337 e. The predicted molar refractivity (Wildman–Crippen MR) is 72.9 cm³/mol. The van der Waals surface area contributed by atoms with E-state index in [2.05, 4.69) is 21.2 Å². The van der Waals surface area contributed by atoms with E-state index in [4.69, 9.17) is 5.11 Å². The summed E-state index contributed by atoms with van der Waals surface area (Å²) in [6.45, 7) is 0.610. The molecule has 1 rings (SSSR count). The lowest BCUT2D eigenvalue weighted by atomic mass is 10.1. The number of rotatable bonds is 5. The summed E-state index contributed by atoms with van der Waals surface area (Å²) < 4.78 is 0.556. The number of halogens is 1. The molecule has 0 aliphatic rings. The van der Waals surface area contributed by atoms with Crippen LogP contribution in [0.25, 0.3) is 0 Å². The Morgan fingerprint density at radius 1 is 1.39 bits per heavy atom. The van der Waals surface area contributed by atoms with E-state index in [-0.39, 0.29) is 11.5 Å². The summed E-state index contributed by atoms with van der Waals surface area (Å²) in [7, 11) is 3.74. The van der Waals surface area contributed by atoms with Crippen LogP contribution in [0.4, 0.5) is 5.69 Å². The lowest BCUT2D eigenvalue weighted by Crippen LogP contribution is -2.21. The summed E-state index contributed by atoms with van der Waals surface area (Å²) in [6, 6.07) is 4.76. The summed E-state index contributed by atoms with van der Waals surface area (Å²) in [5.74, 6) is -1.28. The van der Waals surface area contributed by atoms with Crippen LogP contribution in [0.1, 0.15) is 16.8 Å². The molecule has 0 unspecified atom stereocenters. The molecule has 1 amide bonds. The Labute approximate surface area is 114 Å². The van der Waals surface area contributed by atoms with Gasteiger partial charge in [-0.25, -0.2) is 4.79 Å². The quantitative estimate of drug-likeness (QED) is 0.872. The number of nitrogens with zero attached hydrogens (tertiary/aromatic N) is 1. The summed E-state index contributed by atoms with van der Waals surface area (Å²) in [5.41, 5.74) is 0.372. The number of para-hydroxylation sites is 1. The van der Waals surface area contributed by atoms with E-state index in [1.54, 1.807) is 12.1 Å².